The molecule has 0 saturated carbocycles. The van der Waals surface area contributed by atoms with Gasteiger partial charge < -0.3 is 4.74 Å². The molecule has 94 valence electrons. The van der Waals surface area contributed by atoms with Crippen LogP contribution in [-0.4, -0.2) is 13.4 Å². The maximum Gasteiger partial charge on any atom is 0.239 e. The van der Waals surface area contributed by atoms with Gasteiger partial charge >= 0.3 is 0 Å². The van der Waals surface area contributed by atoms with E-state index in [2.05, 4.69) is 4.98 Å². The second-order valence-corrected chi connectivity index (χ2v) is 5.43. The molecule has 0 spiro atoms. The summed E-state index contributed by atoms with van der Waals surface area (Å²) in [6.07, 6.45) is 1.13. The number of pyridine rings is 1. The van der Waals surface area contributed by atoms with Gasteiger partial charge in [0.25, 0.3) is 0 Å². The fourth-order valence-electron chi connectivity index (χ4n) is 1.25. The average Bonchev–Trinajstić information content (AvgIpc) is 2.28. The number of ether oxygens (including phenoxy) is 1. The highest BCUT2D eigenvalue weighted by Gasteiger charge is 2.08. The van der Waals surface area contributed by atoms with Crippen molar-refractivity contribution in [3.05, 3.63) is 47.6 Å². The number of primary sulfonamides is 1. The minimum Gasteiger partial charge on any atom is -0.439 e. The fraction of sp³-hybridized carbons (Fsp3) is 0. The van der Waals surface area contributed by atoms with Gasteiger partial charge in [-0.05, 0) is 24.3 Å². The second-order valence-electron chi connectivity index (χ2n) is 3.44. The number of nitrogens with zero attached hydrogens (tertiary/aromatic N) is 1. The number of sulfonamides is 1. The number of benzene rings is 1. The van der Waals surface area contributed by atoms with E-state index >= 15 is 0 Å². The van der Waals surface area contributed by atoms with E-state index in [-0.39, 0.29) is 10.8 Å². The Morgan fingerprint density at radius 1 is 1.22 bits per heavy atom. The maximum atomic E-state index is 11.0. The lowest BCUT2D eigenvalue weighted by Crippen LogP contribution is -2.12. The predicted octanol–water partition coefficient (Wildman–Crippen LogP) is 2.17. The van der Waals surface area contributed by atoms with E-state index in [1.807, 2.05) is 0 Å². The first kappa shape index (κ1) is 12.8. The van der Waals surface area contributed by atoms with E-state index in [1.54, 1.807) is 24.3 Å². The zero-order valence-corrected chi connectivity index (χ0v) is 10.6. The van der Waals surface area contributed by atoms with Gasteiger partial charge in [0.15, 0.2) is 0 Å². The summed E-state index contributed by atoms with van der Waals surface area (Å²) in [7, 11) is -3.74. The van der Waals surface area contributed by atoms with E-state index in [0.29, 0.717) is 10.8 Å². The highest BCUT2D eigenvalue weighted by Crippen LogP contribution is 2.22. The minimum absolute atomic E-state index is 0.0686. The molecule has 1 heterocycles. The van der Waals surface area contributed by atoms with Gasteiger partial charge in [-0.2, -0.15) is 0 Å². The molecule has 0 unspecified atom stereocenters. The largest absolute Gasteiger partial charge is 0.439 e. The van der Waals surface area contributed by atoms with Crippen LogP contribution in [0.15, 0.2) is 47.5 Å². The number of halogens is 1. The summed E-state index contributed by atoms with van der Waals surface area (Å²) in [5.74, 6) is 0.767. The molecule has 18 heavy (non-hydrogen) atoms. The summed E-state index contributed by atoms with van der Waals surface area (Å²) in [6, 6.07) is 9.52. The number of rotatable bonds is 3. The number of nitrogens with two attached hydrogens (primary N) is 1. The lowest BCUT2D eigenvalue weighted by Gasteiger charge is -2.05. The molecular weight excluding hydrogens is 276 g/mol. The lowest BCUT2D eigenvalue weighted by molar-refractivity contribution is 0.462. The number of aromatic nitrogens is 1. The standard InChI is InChI=1S/C11H9ClN2O3S/c12-8-2-1-3-9(6-8)17-11-5-4-10(7-14-11)18(13,15)16/h1-7H,(H2,13,15,16). The fourth-order valence-corrected chi connectivity index (χ4v) is 1.88. The summed E-state index contributed by atoms with van der Waals surface area (Å²) in [6.45, 7) is 0. The van der Waals surface area contributed by atoms with E-state index in [4.69, 9.17) is 21.5 Å². The van der Waals surface area contributed by atoms with Crippen molar-refractivity contribution in [1.82, 2.24) is 4.98 Å². The first-order valence-corrected chi connectivity index (χ1v) is 6.80. The van der Waals surface area contributed by atoms with Gasteiger partial charge in [-0.1, -0.05) is 17.7 Å². The Labute approximate surface area is 109 Å². The van der Waals surface area contributed by atoms with Crippen LogP contribution in [-0.2, 0) is 10.0 Å². The summed E-state index contributed by atoms with van der Waals surface area (Å²) in [5, 5.41) is 5.49. The Hall–Kier alpha value is -1.63. The van der Waals surface area contributed by atoms with Crippen LogP contribution in [0.25, 0.3) is 0 Å². The molecule has 1 aromatic heterocycles. The first-order chi connectivity index (χ1) is 8.45. The average molecular weight is 285 g/mol. The third-order valence-corrected chi connectivity index (χ3v) is 3.19. The van der Waals surface area contributed by atoms with E-state index < -0.39 is 10.0 Å². The van der Waals surface area contributed by atoms with Crippen molar-refractivity contribution in [2.24, 2.45) is 5.14 Å². The Morgan fingerprint density at radius 3 is 2.56 bits per heavy atom. The molecule has 0 amide bonds. The van der Waals surface area contributed by atoms with Gasteiger partial charge in [-0.3, -0.25) is 0 Å². The SMILES string of the molecule is NS(=O)(=O)c1ccc(Oc2cccc(Cl)c2)nc1. The molecular formula is C11H9ClN2O3S. The zero-order valence-electron chi connectivity index (χ0n) is 9.08. The maximum absolute atomic E-state index is 11.0. The van der Waals surface area contributed by atoms with Gasteiger partial charge in [0.05, 0.1) is 6.20 Å². The third kappa shape index (κ3) is 3.19. The monoisotopic (exact) mass is 284 g/mol. The Morgan fingerprint density at radius 2 is 2.00 bits per heavy atom. The van der Waals surface area contributed by atoms with Crippen molar-refractivity contribution in [3.63, 3.8) is 0 Å². The molecule has 0 aliphatic rings. The Balaban J connectivity index is 2.21. The molecule has 0 radical (unpaired) electrons. The first-order valence-electron chi connectivity index (χ1n) is 4.87. The lowest BCUT2D eigenvalue weighted by atomic mass is 10.3. The highest BCUT2D eigenvalue weighted by atomic mass is 35.5. The topological polar surface area (TPSA) is 82.3 Å². The van der Waals surface area contributed by atoms with Crippen LogP contribution >= 0.6 is 11.6 Å². The summed E-state index contributed by atoms with van der Waals surface area (Å²) >= 11 is 5.80. The molecule has 0 bridgehead atoms. The minimum atomic E-state index is -3.74. The smallest absolute Gasteiger partial charge is 0.239 e. The highest BCUT2D eigenvalue weighted by molar-refractivity contribution is 7.89. The van der Waals surface area contributed by atoms with E-state index in [0.717, 1.165) is 6.20 Å². The van der Waals surface area contributed by atoms with E-state index in [1.165, 1.54) is 12.1 Å². The van der Waals surface area contributed by atoms with Gasteiger partial charge in [-0.25, -0.2) is 18.5 Å². The van der Waals surface area contributed by atoms with Crippen LogP contribution in [0.2, 0.25) is 5.02 Å². The van der Waals surface area contributed by atoms with Crippen molar-refractivity contribution >= 4 is 21.6 Å². The zero-order chi connectivity index (χ0) is 13.2. The van der Waals surface area contributed by atoms with Gasteiger partial charge in [0, 0.05) is 11.1 Å². The molecule has 0 aliphatic heterocycles. The number of hydrogen-bond acceptors (Lipinski definition) is 4. The molecule has 2 N–H and O–H groups in total. The summed E-state index contributed by atoms with van der Waals surface area (Å²) in [4.78, 5) is 3.78. The molecule has 0 atom stereocenters. The predicted molar refractivity (Wildman–Crippen MR) is 67.1 cm³/mol. The molecule has 0 aliphatic carbocycles. The van der Waals surface area contributed by atoms with Gasteiger partial charge in [0.1, 0.15) is 10.6 Å². The molecule has 0 saturated heterocycles. The van der Waals surface area contributed by atoms with Crippen LogP contribution in [0.3, 0.4) is 0 Å². The number of hydrogen-bond donors (Lipinski definition) is 1. The molecule has 2 rings (SSSR count). The summed E-state index contributed by atoms with van der Waals surface area (Å²) < 4.78 is 27.4. The molecule has 5 nitrogen and oxygen atoms in total. The quantitative estimate of drug-likeness (QED) is 0.936. The summed E-state index contributed by atoms with van der Waals surface area (Å²) in [5.41, 5.74) is 0. The molecule has 7 heteroatoms. The van der Waals surface area contributed by atoms with Crippen molar-refractivity contribution in [3.8, 4) is 11.6 Å². The Kier molecular flexibility index (Phi) is 3.51. The van der Waals surface area contributed by atoms with Crippen molar-refractivity contribution in [2.75, 3.05) is 0 Å². The van der Waals surface area contributed by atoms with Crippen LogP contribution < -0.4 is 9.88 Å². The second kappa shape index (κ2) is 4.93. The normalized spacial score (nSPS) is 11.2. The van der Waals surface area contributed by atoms with Crippen molar-refractivity contribution in [1.29, 1.82) is 0 Å². The van der Waals surface area contributed by atoms with Gasteiger partial charge in [0.2, 0.25) is 15.9 Å². The van der Waals surface area contributed by atoms with Crippen LogP contribution in [0.5, 0.6) is 11.6 Å². The third-order valence-electron chi connectivity index (χ3n) is 2.06. The van der Waals surface area contributed by atoms with E-state index in [9.17, 15) is 8.42 Å². The van der Waals surface area contributed by atoms with Crippen LogP contribution in [0.1, 0.15) is 0 Å². The van der Waals surface area contributed by atoms with Crippen LogP contribution in [0, 0.1) is 0 Å². The molecule has 1 aromatic carbocycles. The molecule has 2 aromatic rings. The van der Waals surface area contributed by atoms with Crippen LogP contribution in [0.4, 0.5) is 0 Å². The van der Waals surface area contributed by atoms with Gasteiger partial charge in [-0.15, -0.1) is 0 Å². The Bertz CT molecular complexity index is 656. The van der Waals surface area contributed by atoms with Crippen molar-refractivity contribution < 1.29 is 13.2 Å². The molecule has 0 fully saturated rings. The van der Waals surface area contributed by atoms with Crippen molar-refractivity contribution in [2.45, 2.75) is 4.90 Å².